The highest BCUT2D eigenvalue weighted by atomic mass is 32.2. The van der Waals surface area contributed by atoms with Crippen LogP contribution in [0.4, 0.5) is 5.69 Å². The van der Waals surface area contributed by atoms with Crippen molar-refractivity contribution >= 4 is 32.5 Å². The fourth-order valence-corrected chi connectivity index (χ4v) is 3.72. The lowest BCUT2D eigenvalue weighted by molar-refractivity contribution is 0.102. The Balaban J connectivity index is 2.05. The van der Waals surface area contributed by atoms with Crippen LogP contribution in [0.5, 0.6) is 17.2 Å². The second-order valence-electron chi connectivity index (χ2n) is 6.04. The summed E-state index contributed by atoms with van der Waals surface area (Å²) >= 11 is 0. The molecule has 0 heterocycles. The minimum absolute atomic E-state index is 0.204. The Labute approximate surface area is 167 Å². The normalized spacial score (nSPS) is 11.2. The first-order chi connectivity index (χ1) is 13.8. The minimum Gasteiger partial charge on any atom is -0.493 e. The number of nitrogens with one attached hydrogen (secondary N) is 1. The molecule has 0 aliphatic carbocycles. The molecule has 3 aromatic carbocycles. The van der Waals surface area contributed by atoms with Crippen molar-refractivity contribution < 1.29 is 32.0 Å². The molecule has 0 bridgehead atoms. The molecule has 152 valence electrons. The van der Waals surface area contributed by atoms with Crippen molar-refractivity contribution in [3.05, 3.63) is 54.1 Å². The van der Waals surface area contributed by atoms with E-state index in [4.69, 9.17) is 14.2 Å². The number of hydrogen-bond donors (Lipinski definition) is 2. The maximum Gasteiger partial charge on any atom is 0.295 e. The first-order valence-electron chi connectivity index (χ1n) is 8.40. The molecule has 0 atom stereocenters. The average Bonchev–Trinajstić information content (AvgIpc) is 2.71. The number of benzene rings is 3. The van der Waals surface area contributed by atoms with Crippen LogP contribution in [0.15, 0.2) is 53.4 Å². The second-order valence-corrected chi connectivity index (χ2v) is 7.43. The van der Waals surface area contributed by atoms with Gasteiger partial charge in [-0.25, -0.2) is 0 Å². The monoisotopic (exact) mass is 417 g/mol. The Kier molecular flexibility index (Phi) is 5.62. The van der Waals surface area contributed by atoms with Gasteiger partial charge in [-0.1, -0.05) is 24.3 Å². The highest BCUT2D eigenvalue weighted by Gasteiger charge is 2.19. The van der Waals surface area contributed by atoms with E-state index in [1.54, 1.807) is 30.3 Å². The van der Waals surface area contributed by atoms with Crippen LogP contribution in [0.1, 0.15) is 10.4 Å². The summed E-state index contributed by atoms with van der Waals surface area (Å²) in [6.45, 7) is 0. The van der Waals surface area contributed by atoms with Gasteiger partial charge in [0.15, 0.2) is 11.5 Å². The lowest BCUT2D eigenvalue weighted by Crippen LogP contribution is -2.13. The van der Waals surface area contributed by atoms with Gasteiger partial charge in [0, 0.05) is 16.6 Å². The molecule has 3 aromatic rings. The lowest BCUT2D eigenvalue weighted by Gasteiger charge is -2.14. The number of fused-ring (bicyclic) bond motifs is 1. The standard InChI is InChI=1S/C20H19NO7S/c1-26-16-9-13(10-17(27-2)19(16)28-3)20(22)21-14-8-12-6-4-5-7-15(12)18(11-14)29(23,24)25/h4-11H,1-3H3,(H,21,22)(H,23,24,25). The number of carbonyl (C=O) groups is 1. The number of hydrogen-bond acceptors (Lipinski definition) is 6. The summed E-state index contributed by atoms with van der Waals surface area (Å²) in [5.74, 6) is 0.412. The van der Waals surface area contributed by atoms with E-state index in [0.29, 0.717) is 28.0 Å². The maximum atomic E-state index is 12.8. The molecule has 0 radical (unpaired) electrons. The van der Waals surface area contributed by atoms with Crippen molar-refractivity contribution in [2.45, 2.75) is 4.90 Å². The van der Waals surface area contributed by atoms with Crippen LogP contribution in [-0.4, -0.2) is 40.2 Å². The molecule has 8 nitrogen and oxygen atoms in total. The van der Waals surface area contributed by atoms with E-state index in [-0.39, 0.29) is 16.1 Å². The molecule has 2 N–H and O–H groups in total. The average molecular weight is 417 g/mol. The summed E-state index contributed by atoms with van der Waals surface area (Å²) < 4.78 is 48.9. The summed E-state index contributed by atoms with van der Waals surface area (Å²) in [4.78, 5) is 12.5. The Morgan fingerprint density at radius 2 is 1.55 bits per heavy atom. The van der Waals surface area contributed by atoms with Gasteiger partial charge in [-0.05, 0) is 29.7 Å². The van der Waals surface area contributed by atoms with E-state index < -0.39 is 16.0 Å². The predicted molar refractivity (Wildman–Crippen MR) is 108 cm³/mol. The number of rotatable bonds is 6. The number of anilines is 1. The molecule has 29 heavy (non-hydrogen) atoms. The van der Waals surface area contributed by atoms with Gasteiger partial charge in [-0.3, -0.25) is 9.35 Å². The third-order valence-corrected chi connectivity index (χ3v) is 5.18. The Morgan fingerprint density at radius 1 is 0.931 bits per heavy atom. The van der Waals surface area contributed by atoms with Gasteiger partial charge in [-0.15, -0.1) is 0 Å². The van der Waals surface area contributed by atoms with Crippen LogP contribution >= 0.6 is 0 Å². The summed E-state index contributed by atoms with van der Waals surface area (Å²) in [6.07, 6.45) is 0. The summed E-state index contributed by atoms with van der Waals surface area (Å²) in [5.41, 5.74) is 0.413. The number of methoxy groups -OCH3 is 3. The first-order valence-corrected chi connectivity index (χ1v) is 9.84. The van der Waals surface area contributed by atoms with Crippen molar-refractivity contribution in [3.8, 4) is 17.2 Å². The summed E-state index contributed by atoms with van der Waals surface area (Å²) in [6, 6.07) is 12.4. The zero-order chi connectivity index (χ0) is 21.2. The molecular weight excluding hydrogens is 398 g/mol. The zero-order valence-corrected chi connectivity index (χ0v) is 16.7. The molecule has 0 saturated heterocycles. The maximum absolute atomic E-state index is 12.8. The van der Waals surface area contributed by atoms with E-state index in [2.05, 4.69) is 5.32 Å². The van der Waals surface area contributed by atoms with E-state index in [1.165, 1.54) is 39.5 Å². The van der Waals surface area contributed by atoms with Gasteiger partial charge in [0.05, 0.1) is 21.3 Å². The van der Waals surface area contributed by atoms with Gasteiger partial charge in [0.2, 0.25) is 5.75 Å². The van der Waals surface area contributed by atoms with Crippen molar-refractivity contribution in [2.75, 3.05) is 26.6 Å². The fraction of sp³-hybridized carbons (Fsp3) is 0.150. The molecule has 3 rings (SSSR count). The summed E-state index contributed by atoms with van der Waals surface area (Å²) in [7, 11) is -0.178. The molecule has 0 aliphatic heterocycles. The Hall–Kier alpha value is -3.30. The van der Waals surface area contributed by atoms with Gasteiger partial charge in [-0.2, -0.15) is 8.42 Å². The van der Waals surface area contributed by atoms with Crippen molar-refractivity contribution in [2.24, 2.45) is 0 Å². The van der Waals surface area contributed by atoms with Gasteiger partial charge < -0.3 is 19.5 Å². The largest absolute Gasteiger partial charge is 0.493 e. The lowest BCUT2D eigenvalue weighted by atomic mass is 10.1. The van der Waals surface area contributed by atoms with Crippen LogP contribution in [0, 0.1) is 0 Å². The molecular formula is C20H19NO7S. The molecule has 0 saturated carbocycles. The first kappa shape index (κ1) is 20.4. The van der Waals surface area contributed by atoms with E-state index in [9.17, 15) is 17.8 Å². The highest BCUT2D eigenvalue weighted by Crippen LogP contribution is 2.38. The van der Waals surface area contributed by atoms with Crippen molar-refractivity contribution in [3.63, 3.8) is 0 Å². The third-order valence-electron chi connectivity index (χ3n) is 4.29. The molecule has 9 heteroatoms. The van der Waals surface area contributed by atoms with Gasteiger partial charge >= 0.3 is 0 Å². The Bertz CT molecular complexity index is 1160. The number of amides is 1. The molecule has 0 unspecified atom stereocenters. The zero-order valence-electron chi connectivity index (χ0n) is 15.9. The summed E-state index contributed by atoms with van der Waals surface area (Å²) in [5, 5.41) is 3.53. The van der Waals surface area contributed by atoms with Gasteiger partial charge in [0.25, 0.3) is 16.0 Å². The van der Waals surface area contributed by atoms with Crippen molar-refractivity contribution in [1.29, 1.82) is 0 Å². The Morgan fingerprint density at radius 3 is 2.10 bits per heavy atom. The molecule has 1 amide bonds. The molecule has 0 fully saturated rings. The SMILES string of the molecule is COc1cc(C(=O)Nc2cc(S(=O)(=O)O)c3ccccc3c2)cc(OC)c1OC. The van der Waals surface area contributed by atoms with E-state index in [1.807, 2.05) is 0 Å². The topological polar surface area (TPSA) is 111 Å². The highest BCUT2D eigenvalue weighted by molar-refractivity contribution is 7.86. The molecule has 0 aliphatic rings. The molecule has 0 spiro atoms. The van der Waals surface area contributed by atoms with Gasteiger partial charge in [0.1, 0.15) is 4.90 Å². The number of carbonyl (C=O) groups excluding carboxylic acids is 1. The van der Waals surface area contributed by atoms with Crippen molar-refractivity contribution in [1.82, 2.24) is 0 Å². The number of ether oxygens (including phenoxy) is 3. The van der Waals surface area contributed by atoms with Crippen LogP contribution in [0.25, 0.3) is 10.8 Å². The van der Waals surface area contributed by atoms with Crippen LogP contribution in [0.3, 0.4) is 0 Å². The van der Waals surface area contributed by atoms with E-state index >= 15 is 0 Å². The van der Waals surface area contributed by atoms with Crippen LogP contribution in [-0.2, 0) is 10.1 Å². The molecule has 0 aromatic heterocycles. The minimum atomic E-state index is -4.49. The second kappa shape index (κ2) is 7.98. The third kappa shape index (κ3) is 4.10. The predicted octanol–water partition coefficient (Wildman–Crippen LogP) is 3.36. The van der Waals surface area contributed by atoms with E-state index in [0.717, 1.165) is 0 Å². The van der Waals surface area contributed by atoms with Crippen LogP contribution < -0.4 is 19.5 Å². The smallest absolute Gasteiger partial charge is 0.295 e. The quantitative estimate of drug-likeness (QED) is 0.592. The van der Waals surface area contributed by atoms with Crippen LogP contribution in [0.2, 0.25) is 0 Å². The fourth-order valence-electron chi connectivity index (χ4n) is 2.98.